The van der Waals surface area contributed by atoms with Crippen molar-refractivity contribution in [3.63, 3.8) is 0 Å². The van der Waals surface area contributed by atoms with Gasteiger partial charge in [0.2, 0.25) is 5.88 Å². The molecule has 0 bridgehead atoms. The number of furan rings is 1. The Labute approximate surface area is 165 Å². The summed E-state index contributed by atoms with van der Waals surface area (Å²) in [6.07, 6.45) is 5.61. The van der Waals surface area contributed by atoms with Crippen molar-refractivity contribution < 1.29 is 18.7 Å². The lowest BCUT2D eigenvalue weighted by Crippen LogP contribution is -2.21. The highest BCUT2D eigenvalue weighted by Crippen LogP contribution is 2.29. The molecule has 7 nitrogen and oxygen atoms in total. The van der Waals surface area contributed by atoms with Gasteiger partial charge in [0.1, 0.15) is 0 Å². The monoisotopic (exact) mass is 397 g/mol. The van der Waals surface area contributed by atoms with E-state index < -0.39 is 0 Å². The standard InChI is InChI=1S/C20H19N3O4S/c24-19(15-2-1-9-26-15)23-18-8-6-16(28-18)20(25)22-11-14-5-7-17(21-10-14)27-12-13-3-4-13/h1-2,5-10,13H,3-4,11-12H2,(H,22,25)(H,23,24). The zero-order chi connectivity index (χ0) is 19.3. The van der Waals surface area contributed by atoms with E-state index in [1.807, 2.05) is 12.1 Å². The van der Waals surface area contributed by atoms with Crippen molar-refractivity contribution in [3.05, 3.63) is 65.1 Å². The molecule has 1 aliphatic rings. The van der Waals surface area contributed by atoms with Gasteiger partial charge in [-0.05, 0) is 48.6 Å². The van der Waals surface area contributed by atoms with Crippen LogP contribution in [-0.2, 0) is 6.54 Å². The van der Waals surface area contributed by atoms with E-state index in [1.54, 1.807) is 30.5 Å². The van der Waals surface area contributed by atoms with Crippen LogP contribution < -0.4 is 15.4 Å². The molecule has 144 valence electrons. The van der Waals surface area contributed by atoms with E-state index in [0.717, 1.165) is 12.2 Å². The fraction of sp³-hybridized carbons (Fsp3) is 0.250. The average molecular weight is 397 g/mol. The first-order valence-corrected chi connectivity index (χ1v) is 9.79. The first-order valence-electron chi connectivity index (χ1n) is 8.98. The number of hydrogen-bond donors (Lipinski definition) is 2. The van der Waals surface area contributed by atoms with Crippen molar-refractivity contribution in [2.75, 3.05) is 11.9 Å². The maximum absolute atomic E-state index is 12.3. The molecule has 0 spiro atoms. The zero-order valence-corrected chi connectivity index (χ0v) is 15.8. The third-order valence-electron chi connectivity index (χ3n) is 4.23. The van der Waals surface area contributed by atoms with Crippen LogP contribution in [0.2, 0.25) is 0 Å². The number of nitrogens with one attached hydrogen (secondary N) is 2. The summed E-state index contributed by atoms with van der Waals surface area (Å²) in [7, 11) is 0. The van der Waals surface area contributed by atoms with Gasteiger partial charge in [0, 0.05) is 18.8 Å². The van der Waals surface area contributed by atoms with Crippen LogP contribution in [0, 0.1) is 5.92 Å². The number of anilines is 1. The fourth-order valence-corrected chi connectivity index (χ4v) is 3.28. The van der Waals surface area contributed by atoms with Gasteiger partial charge in [-0.2, -0.15) is 0 Å². The Kier molecular flexibility index (Phi) is 5.38. The second-order valence-electron chi connectivity index (χ2n) is 6.54. The summed E-state index contributed by atoms with van der Waals surface area (Å²) < 4.78 is 10.6. The largest absolute Gasteiger partial charge is 0.477 e. The zero-order valence-electron chi connectivity index (χ0n) is 15.0. The molecule has 0 aliphatic heterocycles. The number of thiophene rings is 1. The van der Waals surface area contributed by atoms with Crippen molar-refractivity contribution in [2.24, 2.45) is 5.92 Å². The number of rotatable bonds is 8. The number of ether oxygens (including phenoxy) is 1. The highest BCUT2D eigenvalue weighted by molar-refractivity contribution is 7.18. The Morgan fingerprint density at radius 1 is 1.18 bits per heavy atom. The average Bonchev–Trinajstić information content (AvgIpc) is 3.17. The molecule has 4 rings (SSSR count). The highest BCUT2D eigenvalue weighted by atomic mass is 32.1. The second kappa shape index (κ2) is 8.26. The SMILES string of the molecule is O=C(Nc1ccc(C(=O)NCc2ccc(OCC3CC3)nc2)s1)c1ccco1. The summed E-state index contributed by atoms with van der Waals surface area (Å²) >= 11 is 1.20. The maximum atomic E-state index is 12.3. The van der Waals surface area contributed by atoms with Crippen molar-refractivity contribution in [1.82, 2.24) is 10.3 Å². The Bertz CT molecular complexity index is 946. The third-order valence-corrected chi connectivity index (χ3v) is 5.23. The number of pyridine rings is 1. The predicted molar refractivity (Wildman–Crippen MR) is 105 cm³/mol. The molecule has 3 aromatic rings. The van der Waals surface area contributed by atoms with E-state index in [2.05, 4.69) is 15.6 Å². The molecule has 3 heterocycles. The normalized spacial score (nSPS) is 13.1. The molecule has 0 atom stereocenters. The number of aromatic nitrogens is 1. The summed E-state index contributed by atoms with van der Waals surface area (Å²) in [5.74, 6) is 0.945. The molecule has 28 heavy (non-hydrogen) atoms. The van der Waals surface area contributed by atoms with E-state index in [1.165, 1.54) is 30.4 Å². The fourth-order valence-electron chi connectivity index (χ4n) is 2.47. The van der Waals surface area contributed by atoms with Gasteiger partial charge < -0.3 is 19.8 Å². The lowest BCUT2D eigenvalue weighted by atomic mass is 10.3. The summed E-state index contributed by atoms with van der Waals surface area (Å²) in [6.45, 7) is 1.08. The quantitative estimate of drug-likeness (QED) is 0.604. The molecule has 1 fully saturated rings. The van der Waals surface area contributed by atoms with E-state index >= 15 is 0 Å². The van der Waals surface area contributed by atoms with Crippen LogP contribution >= 0.6 is 11.3 Å². The predicted octanol–water partition coefficient (Wildman–Crippen LogP) is 3.71. The minimum Gasteiger partial charge on any atom is -0.477 e. The van der Waals surface area contributed by atoms with Crippen LogP contribution in [0.4, 0.5) is 5.00 Å². The van der Waals surface area contributed by atoms with Gasteiger partial charge in [0.05, 0.1) is 22.7 Å². The number of amides is 2. The van der Waals surface area contributed by atoms with Gasteiger partial charge in [0.15, 0.2) is 5.76 Å². The van der Waals surface area contributed by atoms with Gasteiger partial charge in [-0.25, -0.2) is 4.98 Å². The highest BCUT2D eigenvalue weighted by Gasteiger charge is 2.22. The summed E-state index contributed by atoms with van der Waals surface area (Å²) in [4.78, 5) is 29.1. The van der Waals surface area contributed by atoms with Crippen molar-refractivity contribution in [1.29, 1.82) is 0 Å². The number of carbonyl (C=O) groups excluding carboxylic acids is 2. The van der Waals surface area contributed by atoms with Crippen molar-refractivity contribution in [2.45, 2.75) is 19.4 Å². The smallest absolute Gasteiger partial charge is 0.291 e. The summed E-state index contributed by atoms with van der Waals surface area (Å²) in [5, 5.41) is 6.13. The molecule has 2 N–H and O–H groups in total. The van der Waals surface area contributed by atoms with E-state index in [0.29, 0.717) is 28.2 Å². The Balaban J connectivity index is 1.26. The minimum atomic E-state index is -0.353. The molecule has 0 aromatic carbocycles. The molecule has 8 heteroatoms. The molecule has 0 unspecified atom stereocenters. The third kappa shape index (κ3) is 4.77. The van der Waals surface area contributed by atoms with Gasteiger partial charge in [-0.3, -0.25) is 9.59 Å². The molecular formula is C20H19N3O4S. The Morgan fingerprint density at radius 3 is 2.79 bits per heavy atom. The Morgan fingerprint density at radius 2 is 2.07 bits per heavy atom. The second-order valence-corrected chi connectivity index (χ2v) is 7.62. The topological polar surface area (TPSA) is 93.5 Å². The first kappa shape index (κ1) is 18.2. The number of carbonyl (C=O) groups is 2. The first-order chi connectivity index (χ1) is 13.7. The van der Waals surface area contributed by atoms with Crippen LogP contribution in [0.1, 0.15) is 38.6 Å². The maximum Gasteiger partial charge on any atom is 0.291 e. The molecule has 1 aliphatic carbocycles. The number of nitrogens with zero attached hydrogens (tertiary/aromatic N) is 1. The van der Waals surface area contributed by atoms with Crippen LogP contribution in [0.5, 0.6) is 5.88 Å². The van der Waals surface area contributed by atoms with E-state index in [-0.39, 0.29) is 17.6 Å². The number of hydrogen-bond acceptors (Lipinski definition) is 6. The minimum absolute atomic E-state index is 0.211. The van der Waals surface area contributed by atoms with Crippen LogP contribution in [0.25, 0.3) is 0 Å². The van der Waals surface area contributed by atoms with Gasteiger partial charge in [0.25, 0.3) is 11.8 Å². The van der Waals surface area contributed by atoms with E-state index in [4.69, 9.17) is 9.15 Å². The van der Waals surface area contributed by atoms with Crippen LogP contribution in [0.15, 0.2) is 53.3 Å². The molecule has 0 radical (unpaired) electrons. The van der Waals surface area contributed by atoms with Crippen LogP contribution in [-0.4, -0.2) is 23.4 Å². The summed E-state index contributed by atoms with van der Waals surface area (Å²) in [6, 6.07) is 10.3. The van der Waals surface area contributed by atoms with Crippen molar-refractivity contribution >= 4 is 28.2 Å². The molecule has 3 aromatic heterocycles. The Hall–Kier alpha value is -3.13. The molecule has 2 amide bonds. The van der Waals surface area contributed by atoms with Gasteiger partial charge in [-0.15, -0.1) is 11.3 Å². The van der Waals surface area contributed by atoms with Gasteiger partial charge >= 0.3 is 0 Å². The lowest BCUT2D eigenvalue weighted by Gasteiger charge is -2.06. The van der Waals surface area contributed by atoms with Gasteiger partial charge in [-0.1, -0.05) is 6.07 Å². The van der Waals surface area contributed by atoms with Crippen molar-refractivity contribution in [3.8, 4) is 5.88 Å². The lowest BCUT2D eigenvalue weighted by molar-refractivity contribution is 0.0953. The molecule has 1 saturated carbocycles. The summed E-state index contributed by atoms with van der Waals surface area (Å²) in [5.41, 5.74) is 0.884. The van der Waals surface area contributed by atoms with E-state index in [9.17, 15) is 9.59 Å². The molecular weight excluding hydrogens is 378 g/mol. The molecule has 0 saturated heterocycles. The van der Waals surface area contributed by atoms with Crippen LogP contribution in [0.3, 0.4) is 0 Å².